The van der Waals surface area contributed by atoms with Gasteiger partial charge in [0, 0.05) is 31.4 Å². The van der Waals surface area contributed by atoms with Crippen molar-refractivity contribution in [2.24, 2.45) is 0 Å². The van der Waals surface area contributed by atoms with Crippen molar-refractivity contribution in [1.82, 2.24) is 14.9 Å². The number of aromatic nitrogens is 2. The maximum Gasteiger partial charge on any atom is 0.257 e. The van der Waals surface area contributed by atoms with Crippen molar-refractivity contribution in [3.8, 4) is 28.8 Å². The molecule has 3 aromatic carbocycles. The maximum atomic E-state index is 13.6. The fourth-order valence-electron chi connectivity index (χ4n) is 4.08. The van der Waals surface area contributed by atoms with Gasteiger partial charge >= 0.3 is 0 Å². The van der Waals surface area contributed by atoms with Gasteiger partial charge in [0.25, 0.3) is 5.91 Å². The summed E-state index contributed by atoms with van der Waals surface area (Å²) >= 11 is 0. The van der Waals surface area contributed by atoms with Crippen LogP contribution in [0.1, 0.15) is 34.0 Å². The molecule has 0 fully saturated rings. The summed E-state index contributed by atoms with van der Waals surface area (Å²) in [6, 6.07) is 24.7. The Morgan fingerprint density at radius 1 is 1.03 bits per heavy atom. The second kappa shape index (κ2) is 10.8. The van der Waals surface area contributed by atoms with E-state index in [0.717, 1.165) is 22.4 Å². The largest absolute Gasteiger partial charge is 0.454 e. The topological polar surface area (TPSA) is 100 Å². The molecule has 0 spiro atoms. The second-order valence-electron chi connectivity index (χ2n) is 8.49. The Hall–Kier alpha value is -4.90. The summed E-state index contributed by atoms with van der Waals surface area (Å²) in [6.45, 7) is 3.64. The molecule has 0 radical (unpaired) electrons. The third-order valence-electron chi connectivity index (χ3n) is 6.08. The summed E-state index contributed by atoms with van der Waals surface area (Å²) in [5, 5.41) is 12.4. The van der Waals surface area contributed by atoms with Crippen molar-refractivity contribution < 1.29 is 14.3 Å². The molecule has 0 bridgehead atoms. The number of hydrogen-bond donors (Lipinski definition) is 1. The molecule has 1 amide bonds. The van der Waals surface area contributed by atoms with E-state index in [9.17, 15) is 10.1 Å². The monoisotopic (exact) mass is 491 g/mol. The van der Waals surface area contributed by atoms with Crippen LogP contribution in [0.15, 0.2) is 79.0 Å². The summed E-state index contributed by atoms with van der Waals surface area (Å²) < 4.78 is 10.8. The van der Waals surface area contributed by atoms with E-state index >= 15 is 0 Å². The molecular formula is C29H25N5O3. The molecule has 0 unspecified atom stereocenters. The summed E-state index contributed by atoms with van der Waals surface area (Å²) in [5.74, 6) is 1.66. The summed E-state index contributed by atoms with van der Waals surface area (Å²) in [5.41, 5.74) is 4.19. The molecule has 1 N–H and O–H groups in total. The van der Waals surface area contributed by atoms with E-state index in [1.54, 1.807) is 35.4 Å². The van der Waals surface area contributed by atoms with Gasteiger partial charge < -0.3 is 19.7 Å². The van der Waals surface area contributed by atoms with Crippen molar-refractivity contribution in [2.45, 2.75) is 20.0 Å². The Morgan fingerprint density at radius 3 is 2.57 bits per heavy atom. The maximum absolute atomic E-state index is 13.6. The van der Waals surface area contributed by atoms with E-state index in [-0.39, 0.29) is 12.7 Å². The molecule has 8 nitrogen and oxygen atoms in total. The van der Waals surface area contributed by atoms with E-state index in [4.69, 9.17) is 14.5 Å². The molecule has 4 aromatic rings. The third-order valence-corrected chi connectivity index (χ3v) is 6.08. The van der Waals surface area contributed by atoms with Crippen LogP contribution in [0.2, 0.25) is 0 Å². The first-order valence-electron chi connectivity index (χ1n) is 12.0. The summed E-state index contributed by atoms with van der Waals surface area (Å²) in [7, 11) is 0. The van der Waals surface area contributed by atoms with Gasteiger partial charge in [-0.3, -0.25) is 4.79 Å². The van der Waals surface area contributed by atoms with Gasteiger partial charge in [0.1, 0.15) is 0 Å². The number of nitrogens with one attached hydrogen (secondary N) is 1. The normalized spacial score (nSPS) is 11.6. The fraction of sp³-hybridized carbons (Fsp3) is 0.172. The molecule has 0 aliphatic carbocycles. The van der Waals surface area contributed by atoms with Crippen molar-refractivity contribution in [2.75, 3.05) is 18.7 Å². The highest BCUT2D eigenvalue weighted by atomic mass is 16.7. The molecule has 8 heteroatoms. The predicted octanol–water partition coefficient (Wildman–Crippen LogP) is 5.02. The Balaban J connectivity index is 1.43. The predicted molar refractivity (Wildman–Crippen MR) is 139 cm³/mol. The van der Waals surface area contributed by atoms with Crippen LogP contribution in [-0.4, -0.2) is 34.1 Å². The number of fused-ring (bicyclic) bond motifs is 1. The van der Waals surface area contributed by atoms with E-state index in [1.807, 2.05) is 55.5 Å². The zero-order chi connectivity index (χ0) is 25.6. The molecule has 1 aliphatic heterocycles. The van der Waals surface area contributed by atoms with Crippen molar-refractivity contribution in [3.05, 3.63) is 101 Å². The van der Waals surface area contributed by atoms with E-state index in [1.165, 1.54) is 0 Å². The fourth-order valence-corrected chi connectivity index (χ4v) is 4.08. The van der Waals surface area contributed by atoms with Crippen LogP contribution in [-0.2, 0) is 13.1 Å². The van der Waals surface area contributed by atoms with Crippen LogP contribution in [0.5, 0.6) is 11.5 Å². The molecule has 1 aliphatic rings. The molecule has 0 saturated carbocycles. The minimum atomic E-state index is -0.159. The highest BCUT2D eigenvalue weighted by Crippen LogP contribution is 2.32. The molecule has 0 atom stereocenters. The molecule has 0 saturated heterocycles. The van der Waals surface area contributed by atoms with Gasteiger partial charge in [-0.15, -0.1) is 0 Å². The van der Waals surface area contributed by atoms with Gasteiger partial charge in [0.15, 0.2) is 11.5 Å². The SMILES string of the molecule is CCN(Cc1ccccc1)C(=O)c1cnc(NCc2ccc3c(c2)OCO3)nc1-c1ccc(C#N)cc1. The molecule has 1 aromatic heterocycles. The van der Waals surface area contributed by atoms with Gasteiger partial charge in [-0.05, 0) is 42.3 Å². The number of nitriles is 1. The van der Waals surface area contributed by atoms with E-state index < -0.39 is 0 Å². The smallest absolute Gasteiger partial charge is 0.257 e. The minimum Gasteiger partial charge on any atom is -0.454 e. The number of ether oxygens (including phenoxy) is 2. The lowest BCUT2D eigenvalue weighted by atomic mass is 10.0. The van der Waals surface area contributed by atoms with Gasteiger partial charge in [-0.25, -0.2) is 9.97 Å². The minimum absolute atomic E-state index is 0.159. The number of rotatable bonds is 8. The van der Waals surface area contributed by atoms with E-state index in [2.05, 4.69) is 16.4 Å². The molecule has 184 valence electrons. The lowest BCUT2D eigenvalue weighted by Gasteiger charge is -2.22. The zero-order valence-corrected chi connectivity index (χ0v) is 20.3. The number of anilines is 1. The van der Waals surface area contributed by atoms with Crippen molar-refractivity contribution in [1.29, 1.82) is 5.26 Å². The van der Waals surface area contributed by atoms with Crippen LogP contribution in [0.4, 0.5) is 5.95 Å². The van der Waals surface area contributed by atoms with Crippen molar-refractivity contribution in [3.63, 3.8) is 0 Å². The Morgan fingerprint density at radius 2 is 1.81 bits per heavy atom. The van der Waals surface area contributed by atoms with Crippen LogP contribution in [0.25, 0.3) is 11.3 Å². The second-order valence-corrected chi connectivity index (χ2v) is 8.49. The van der Waals surface area contributed by atoms with Crippen LogP contribution >= 0.6 is 0 Å². The van der Waals surface area contributed by atoms with Crippen LogP contribution in [0.3, 0.4) is 0 Å². The number of carbonyl (C=O) groups excluding carboxylic acids is 1. The summed E-state index contributed by atoms with van der Waals surface area (Å²) in [6.07, 6.45) is 1.57. The van der Waals surface area contributed by atoms with Crippen LogP contribution in [0, 0.1) is 11.3 Å². The quantitative estimate of drug-likeness (QED) is 0.369. The number of benzene rings is 3. The number of nitrogens with zero attached hydrogens (tertiary/aromatic N) is 4. The van der Waals surface area contributed by atoms with Crippen LogP contribution < -0.4 is 14.8 Å². The number of amides is 1. The molecular weight excluding hydrogens is 466 g/mol. The third kappa shape index (κ3) is 5.36. The highest BCUT2D eigenvalue weighted by Gasteiger charge is 2.22. The Labute approximate surface area is 215 Å². The zero-order valence-electron chi connectivity index (χ0n) is 20.3. The first-order chi connectivity index (χ1) is 18.1. The molecule has 2 heterocycles. The number of hydrogen-bond acceptors (Lipinski definition) is 7. The Kier molecular flexibility index (Phi) is 6.95. The first-order valence-corrected chi connectivity index (χ1v) is 12.0. The molecule has 37 heavy (non-hydrogen) atoms. The van der Waals surface area contributed by atoms with Crippen molar-refractivity contribution >= 4 is 11.9 Å². The average Bonchev–Trinajstić information content (AvgIpc) is 3.43. The van der Waals surface area contributed by atoms with Gasteiger partial charge in [0.05, 0.1) is 22.9 Å². The lowest BCUT2D eigenvalue weighted by molar-refractivity contribution is 0.0752. The lowest BCUT2D eigenvalue weighted by Crippen LogP contribution is -2.31. The summed E-state index contributed by atoms with van der Waals surface area (Å²) in [4.78, 5) is 24.6. The van der Waals surface area contributed by atoms with E-state index in [0.29, 0.717) is 48.2 Å². The molecule has 5 rings (SSSR count). The van der Waals surface area contributed by atoms with Gasteiger partial charge in [-0.1, -0.05) is 48.5 Å². The number of carbonyl (C=O) groups is 1. The van der Waals surface area contributed by atoms with Gasteiger partial charge in [-0.2, -0.15) is 5.26 Å². The highest BCUT2D eigenvalue weighted by molar-refractivity contribution is 5.99. The Bertz CT molecular complexity index is 1450. The average molecular weight is 492 g/mol. The first kappa shape index (κ1) is 23.8. The standard InChI is InChI=1S/C29H25N5O3/c1-2-34(18-21-6-4-3-5-7-21)28(35)24-17-32-29(33-27(24)23-11-8-20(15-30)9-12-23)31-16-22-10-13-25-26(14-22)37-19-36-25/h3-14,17H,2,16,18-19H2,1H3,(H,31,32,33). The van der Waals surface area contributed by atoms with Gasteiger partial charge in [0.2, 0.25) is 12.7 Å².